The fraction of sp³-hybridized carbons (Fsp3) is 0.353. The molecule has 6 heteroatoms. The fourth-order valence-corrected chi connectivity index (χ4v) is 2.73. The topological polar surface area (TPSA) is 82.2 Å². The van der Waals surface area contributed by atoms with Crippen LogP contribution in [0, 0.1) is 18.3 Å². The van der Waals surface area contributed by atoms with Crippen LogP contribution in [0.1, 0.15) is 34.7 Å². The van der Waals surface area contributed by atoms with Crippen LogP contribution in [0.5, 0.6) is 0 Å². The van der Waals surface area contributed by atoms with Gasteiger partial charge in [-0.05, 0) is 44.0 Å². The number of rotatable bonds is 3. The van der Waals surface area contributed by atoms with Crippen LogP contribution in [0.15, 0.2) is 34.9 Å². The van der Waals surface area contributed by atoms with E-state index in [9.17, 15) is 4.79 Å². The van der Waals surface area contributed by atoms with Gasteiger partial charge in [-0.3, -0.25) is 4.79 Å². The lowest BCUT2D eigenvalue weighted by atomic mass is 10.0. The van der Waals surface area contributed by atoms with Gasteiger partial charge in [0.05, 0.1) is 11.8 Å². The summed E-state index contributed by atoms with van der Waals surface area (Å²) in [5.41, 5.74) is 1.42. The number of carbonyl (C=O) groups is 1. The van der Waals surface area contributed by atoms with E-state index in [1.165, 1.54) is 6.26 Å². The number of hydrogen-bond acceptors (Lipinski definition) is 5. The smallest absolute Gasteiger partial charge is 0.289 e. The molecule has 2 aromatic heterocycles. The Morgan fingerprint density at radius 3 is 2.83 bits per heavy atom. The van der Waals surface area contributed by atoms with Gasteiger partial charge in [0, 0.05) is 24.8 Å². The molecule has 0 atom stereocenters. The number of piperidine rings is 1. The zero-order valence-corrected chi connectivity index (χ0v) is 13.0. The lowest BCUT2D eigenvalue weighted by Crippen LogP contribution is -2.42. The fourth-order valence-electron chi connectivity index (χ4n) is 2.73. The van der Waals surface area contributed by atoms with Crippen molar-refractivity contribution >= 4 is 11.7 Å². The minimum absolute atomic E-state index is 0.0696. The molecule has 0 radical (unpaired) electrons. The Hall–Kier alpha value is -2.81. The average Bonchev–Trinajstić information content (AvgIpc) is 3.10. The van der Waals surface area contributed by atoms with Gasteiger partial charge in [-0.25, -0.2) is 4.98 Å². The quantitative estimate of drug-likeness (QED) is 0.942. The van der Waals surface area contributed by atoms with E-state index in [0.717, 1.165) is 18.5 Å². The van der Waals surface area contributed by atoms with E-state index in [0.29, 0.717) is 30.2 Å². The van der Waals surface area contributed by atoms with Gasteiger partial charge in [-0.1, -0.05) is 0 Å². The molecule has 1 amide bonds. The summed E-state index contributed by atoms with van der Waals surface area (Å²) in [6, 6.07) is 9.37. The molecule has 3 heterocycles. The number of aryl methyl sites for hydroxylation is 1. The molecule has 0 unspecified atom stereocenters. The van der Waals surface area contributed by atoms with E-state index in [1.54, 1.807) is 23.1 Å². The molecule has 1 aliphatic heterocycles. The number of hydrogen-bond donors (Lipinski definition) is 1. The highest BCUT2D eigenvalue weighted by atomic mass is 16.3. The van der Waals surface area contributed by atoms with Crippen molar-refractivity contribution in [2.24, 2.45) is 0 Å². The number of furan rings is 1. The molecule has 118 valence electrons. The summed E-state index contributed by atoms with van der Waals surface area (Å²) >= 11 is 0. The summed E-state index contributed by atoms with van der Waals surface area (Å²) in [4.78, 5) is 18.4. The molecule has 1 aliphatic rings. The highest BCUT2D eigenvalue weighted by molar-refractivity contribution is 5.91. The minimum atomic E-state index is -0.0696. The minimum Gasteiger partial charge on any atom is -0.459 e. The van der Waals surface area contributed by atoms with Crippen molar-refractivity contribution in [1.29, 1.82) is 5.26 Å². The number of nitrogens with zero attached hydrogens (tertiary/aromatic N) is 3. The first-order valence-corrected chi connectivity index (χ1v) is 7.64. The van der Waals surface area contributed by atoms with E-state index in [4.69, 9.17) is 9.68 Å². The van der Waals surface area contributed by atoms with Crippen LogP contribution in [0.2, 0.25) is 0 Å². The molecule has 1 saturated heterocycles. The summed E-state index contributed by atoms with van der Waals surface area (Å²) < 4.78 is 5.16. The van der Waals surface area contributed by atoms with Crippen LogP contribution >= 0.6 is 0 Å². The standard InChI is InChI=1S/C17H18N4O2/c1-12-4-5-13(11-18)16(19-12)20-14-6-8-21(9-7-14)17(22)15-3-2-10-23-15/h2-5,10,14H,6-9H2,1H3,(H,19,20). The van der Waals surface area contributed by atoms with Gasteiger partial charge < -0.3 is 14.6 Å². The van der Waals surface area contributed by atoms with Crippen LogP contribution in [0.4, 0.5) is 5.82 Å². The Morgan fingerprint density at radius 2 is 2.17 bits per heavy atom. The Morgan fingerprint density at radius 1 is 1.39 bits per heavy atom. The summed E-state index contributed by atoms with van der Waals surface area (Å²) in [6.07, 6.45) is 3.13. The maximum absolute atomic E-state index is 12.2. The number of carbonyl (C=O) groups excluding carboxylic acids is 1. The normalized spacial score (nSPS) is 15.2. The van der Waals surface area contributed by atoms with Crippen molar-refractivity contribution < 1.29 is 9.21 Å². The largest absolute Gasteiger partial charge is 0.459 e. The molecule has 1 fully saturated rings. The highest BCUT2D eigenvalue weighted by Gasteiger charge is 2.25. The van der Waals surface area contributed by atoms with Crippen molar-refractivity contribution in [3.8, 4) is 6.07 Å². The summed E-state index contributed by atoms with van der Waals surface area (Å²) in [5.74, 6) is 0.937. The monoisotopic (exact) mass is 310 g/mol. The molecular formula is C17H18N4O2. The number of anilines is 1. The molecule has 0 aromatic carbocycles. The first-order chi connectivity index (χ1) is 11.2. The zero-order valence-electron chi connectivity index (χ0n) is 13.0. The number of pyridine rings is 1. The molecular weight excluding hydrogens is 292 g/mol. The van der Waals surface area contributed by atoms with Crippen LogP contribution in [0.25, 0.3) is 0 Å². The van der Waals surface area contributed by atoms with E-state index in [-0.39, 0.29) is 11.9 Å². The molecule has 0 aliphatic carbocycles. The molecule has 6 nitrogen and oxygen atoms in total. The van der Waals surface area contributed by atoms with Crippen LogP contribution < -0.4 is 5.32 Å². The van der Waals surface area contributed by atoms with Crippen molar-refractivity contribution in [3.05, 3.63) is 47.5 Å². The van der Waals surface area contributed by atoms with Gasteiger partial charge in [0.1, 0.15) is 11.9 Å². The number of aromatic nitrogens is 1. The molecule has 0 bridgehead atoms. The van der Waals surface area contributed by atoms with Crippen molar-refractivity contribution in [2.75, 3.05) is 18.4 Å². The molecule has 3 rings (SSSR count). The Balaban J connectivity index is 1.61. The third-order valence-corrected chi connectivity index (χ3v) is 4.01. The van der Waals surface area contributed by atoms with Crippen LogP contribution in [-0.4, -0.2) is 34.9 Å². The second-order valence-electron chi connectivity index (χ2n) is 5.65. The van der Waals surface area contributed by atoms with Crippen LogP contribution in [-0.2, 0) is 0 Å². The second-order valence-corrected chi connectivity index (χ2v) is 5.65. The zero-order chi connectivity index (χ0) is 16.2. The van der Waals surface area contributed by atoms with E-state index in [1.807, 2.05) is 13.0 Å². The Kier molecular flexibility index (Phi) is 4.29. The number of amides is 1. The second kappa shape index (κ2) is 6.53. The van der Waals surface area contributed by atoms with Gasteiger partial charge >= 0.3 is 0 Å². The van der Waals surface area contributed by atoms with Gasteiger partial charge in [0.25, 0.3) is 5.91 Å². The van der Waals surface area contributed by atoms with Gasteiger partial charge in [-0.15, -0.1) is 0 Å². The van der Waals surface area contributed by atoms with Crippen molar-refractivity contribution in [2.45, 2.75) is 25.8 Å². The van der Waals surface area contributed by atoms with E-state index >= 15 is 0 Å². The predicted octanol–water partition coefficient (Wildman–Crippen LogP) is 2.57. The number of likely N-dealkylation sites (tertiary alicyclic amines) is 1. The lowest BCUT2D eigenvalue weighted by molar-refractivity contribution is 0.0686. The van der Waals surface area contributed by atoms with E-state index < -0.39 is 0 Å². The predicted molar refractivity (Wildman–Crippen MR) is 84.9 cm³/mol. The lowest BCUT2D eigenvalue weighted by Gasteiger charge is -2.32. The van der Waals surface area contributed by atoms with Gasteiger partial charge in [-0.2, -0.15) is 5.26 Å². The number of nitriles is 1. The summed E-state index contributed by atoms with van der Waals surface area (Å²) in [7, 11) is 0. The van der Waals surface area contributed by atoms with Gasteiger partial charge in [0.2, 0.25) is 0 Å². The Labute approximate surface area is 134 Å². The third-order valence-electron chi connectivity index (χ3n) is 4.01. The van der Waals surface area contributed by atoms with Crippen molar-refractivity contribution in [3.63, 3.8) is 0 Å². The third kappa shape index (κ3) is 3.34. The number of nitrogens with one attached hydrogen (secondary N) is 1. The SMILES string of the molecule is Cc1ccc(C#N)c(NC2CCN(C(=O)c3ccco3)CC2)n1. The Bertz CT molecular complexity index is 726. The van der Waals surface area contributed by atoms with Crippen LogP contribution in [0.3, 0.4) is 0 Å². The van der Waals surface area contributed by atoms with Gasteiger partial charge in [0.15, 0.2) is 5.76 Å². The maximum Gasteiger partial charge on any atom is 0.289 e. The summed E-state index contributed by atoms with van der Waals surface area (Å²) in [5, 5.41) is 12.5. The average molecular weight is 310 g/mol. The first-order valence-electron chi connectivity index (χ1n) is 7.64. The van der Waals surface area contributed by atoms with E-state index in [2.05, 4.69) is 16.4 Å². The van der Waals surface area contributed by atoms with Crippen molar-refractivity contribution in [1.82, 2.24) is 9.88 Å². The first kappa shape index (κ1) is 15.1. The molecule has 0 saturated carbocycles. The molecule has 2 aromatic rings. The maximum atomic E-state index is 12.2. The summed E-state index contributed by atoms with van der Waals surface area (Å²) in [6.45, 7) is 3.22. The molecule has 23 heavy (non-hydrogen) atoms. The molecule has 1 N–H and O–H groups in total. The molecule has 0 spiro atoms. The highest BCUT2D eigenvalue weighted by Crippen LogP contribution is 2.20.